The van der Waals surface area contributed by atoms with Crippen LogP contribution in [0, 0.1) is 5.92 Å². The molecule has 0 aliphatic carbocycles. The van der Waals surface area contributed by atoms with Crippen molar-refractivity contribution in [3.63, 3.8) is 0 Å². The summed E-state index contributed by atoms with van der Waals surface area (Å²) in [6.45, 7) is 1.84. The normalized spacial score (nSPS) is 26.5. The second-order valence-electron chi connectivity index (χ2n) is 5.83. The number of primary amides is 1. The minimum atomic E-state index is -3.19. The van der Waals surface area contributed by atoms with Gasteiger partial charge in [0.05, 0.1) is 5.75 Å². The Morgan fingerprint density at radius 1 is 1.20 bits per heavy atom. The molecule has 116 valence electrons. The van der Waals surface area contributed by atoms with Crippen LogP contribution in [0.3, 0.4) is 0 Å². The number of rotatable bonds is 5. The molecular weight excluding hydrogens is 278 g/mol. The van der Waals surface area contributed by atoms with Crippen LogP contribution in [0.25, 0.3) is 0 Å². The van der Waals surface area contributed by atoms with Crippen molar-refractivity contribution in [3.8, 4) is 0 Å². The third kappa shape index (κ3) is 4.17. The lowest BCUT2D eigenvalue weighted by atomic mass is 9.98. The van der Waals surface area contributed by atoms with Gasteiger partial charge in [0.25, 0.3) is 0 Å². The third-order valence-corrected chi connectivity index (χ3v) is 6.29. The first-order valence-electron chi connectivity index (χ1n) is 7.49. The molecule has 1 amide bonds. The molecule has 2 saturated heterocycles. The van der Waals surface area contributed by atoms with Crippen LogP contribution >= 0.6 is 0 Å². The molecule has 1 atom stereocenters. The smallest absolute Gasteiger partial charge is 0.220 e. The maximum atomic E-state index is 12.3. The van der Waals surface area contributed by atoms with Crippen molar-refractivity contribution in [1.82, 2.24) is 9.62 Å². The van der Waals surface area contributed by atoms with Crippen molar-refractivity contribution < 1.29 is 13.2 Å². The Morgan fingerprint density at radius 2 is 1.90 bits per heavy atom. The van der Waals surface area contributed by atoms with E-state index in [0.717, 1.165) is 13.0 Å². The summed E-state index contributed by atoms with van der Waals surface area (Å²) < 4.78 is 26.1. The van der Waals surface area contributed by atoms with E-state index in [1.54, 1.807) is 0 Å². The number of hydrogen-bond acceptors (Lipinski definition) is 4. The number of amides is 1. The Kier molecular flexibility index (Phi) is 5.40. The van der Waals surface area contributed by atoms with Gasteiger partial charge in [-0.2, -0.15) is 0 Å². The molecular formula is C13H25N3O3S. The molecule has 3 N–H and O–H groups in total. The molecule has 0 aromatic heterocycles. The van der Waals surface area contributed by atoms with Gasteiger partial charge in [-0.3, -0.25) is 4.79 Å². The molecule has 20 heavy (non-hydrogen) atoms. The maximum Gasteiger partial charge on any atom is 0.220 e. The zero-order valence-corrected chi connectivity index (χ0v) is 12.7. The molecule has 7 heteroatoms. The average Bonchev–Trinajstić information content (AvgIpc) is 2.46. The Balaban J connectivity index is 1.80. The van der Waals surface area contributed by atoms with Crippen LogP contribution in [0.1, 0.15) is 38.5 Å². The summed E-state index contributed by atoms with van der Waals surface area (Å²) in [5.74, 6) is -0.277. The van der Waals surface area contributed by atoms with E-state index in [-0.39, 0.29) is 17.6 Å². The van der Waals surface area contributed by atoms with Gasteiger partial charge in [-0.15, -0.1) is 0 Å². The molecule has 0 radical (unpaired) electrons. The fourth-order valence-electron chi connectivity index (χ4n) is 3.01. The zero-order chi connectivity index (χ0) is 14.6. The van der Waals surface area contributed by atoms with Crippen LogP contribution in [0.4, 0.5) is 0 Å². The predicted molar refractivity (Wildman–Crippen MR) is 77.5 cm³/mol. The number of carbonyl (C=O) groups excluding carboxylic acids is 1. The van der Waals surface area contributed by atoms with Gasteiger partial charge in [0.1, 0.15) is 0 Å². The van der Waals surface area contributed by atoms with E-state index in [9.17, 15) is 13.2 Å². The van der Waals surface area contributed by atoms with E-state index in [0.29, 0.717) is 38.4 Å². The van der Waals surface area contributed by atoms with Crippen molar-refractivity contribution in [3.05, 3.63) is 0 Å². The number of hydrogen-bond donors (Lipinski definition) is 2. The standard InChI is InChI=1S/C13H25N3O3S/c14-13(17)11-4-8-16(9-5-11)20(18,19)10-6-12-3-1-2-7-15-12/h11-12,15H,1-10H2,(H2,14,17). The molecule has 2 aliphatic heterocycles. The third-order valence-electron chi connectivity index (χ3n) is 4.39. The topological polar surface area (TPSA) is 92.5 Å². The molecule has 0 aromatic carbocycles. The van der Waals surface area contributed by atoms with Crippen molar-refractivity contribution in [2.75, 3.05) is 25.4 Å². The molecule has 0 saturated carbocycles. The number of nitrogens with zero attached hydrogens (tertiary/aromatic N) is 1. The van der Waals surface area contributed by atoms with Gasteiger partial charge in [0, 0.05) is 25.0 Å². The highest BCUT2D eigenvalue weighted by Gasteiger charge is 2.30. The molecule has 2 aliphatic rings. The van der Waals surface area contributed by atoms with Gasteiger partial charge >= 0.3 is 0 Å². The van der Waals surface area contributed by atoms with E-state index in [1.807, 2.05) is 0 Å². The molecule has 0 aromatic rings. The number of nitrogens with two attached hydrogens (primary N) is 1. The molecule has 0 spiro atoms. The van der Waals surface area contributed by atoms with Crippen molar-refractivity contribution in [2.24, 2.45) is 11.7 Å². The summed E-state index contributed by atoms with van der Waals surface area (Å²) in [6, 6.07) is 0.335. The second kappa shape index (κ2) is 6.87. The lowest BCUT2D eigenvalue weighted by molar-refractivity contribution is -0.122. The number of nitrogens with one attached hydrogen (secondary N) is 1. The SMILES string of the molecule is NC(=O)C1CCN(S(=O)(=O)CCC2CCCCN2)CC1. The van der Waals surface area contributed by atoms with Crippen LogP contribution in [-0.4, -0.2) is 50.1 Å². The first-order chi connectivity index (χ1) is 9.49. The fraction of sp³-hybridized carbons (Fsp3) is 0.923. The van der Waals surface area contributed by atoms with E-state index in [4.69, 9.17) is 5.73 Å². The van der Waals surface area contributed by atoms with Crippen LogP contribution in [0.15, 0.2) is 0 Å². The van der Waals surface area contributed by atoms with Crippen molar-refractivity contribution in [1.29, 1.82) is 0 Å². The Morgan fingerprint density at radius 3 is 2.45 bits per heavy atom. The molecule has 2 heterocycles. The monoisotopic (exact) mass is 303 g/mol. The van der Waals surface area contributed by atoms with Crippen molar-refractivity contribution >= 4 is 15.9 Å². The highest BCUT2D eigenvalue weighted by molar-refractivity contribution is 7.89. The van der Waals surface area contributed by atoms with Gasteiger partial charge in [-0.25, -0.2) is 12.7 Å². The van der Waals surface area contributed by atoms with E-state index in [1.165, 1.54) is 17.1 Å². The van der Waals surface area contributed by atoms with Gasteiger partial charge in [0.2, 0.25) is 15.9 Å². The Bertz CT molecular complexity index is 424. The minimum absolute atomic E-state index is 0.165. The van der Waals surface area contributed by atoms with Crippen LogP contribution in [0.2, 0.25) is 0 Å². The number of piperidine rings is 2. The van der Waals surface area contributed by atoms with Gasteiger partial charge in [0.15, 0.2) is 0 Å². The van der Waals surface area contributed by atoms with E-state index in [2.05, 4.69) is 5.32 Å². The summed E-state index contributed by atoms with van der Waals surface area (Å²) in [4.78, 5) is 11.1. The average molecular weight is 303 g/mol. The first kappa shape index (κ1) is 15.7. The van der Waals surface area contributed by atoms with Gasteiger partial charge < -0.3 is 11.1 Å². The molecule has 0 bridgehead atoms. The van der Waals surface area contributed by atoms with Crippen molar-refractivity contribution in [2.45, 2.75) is 44.6 Å². The molecule has 2 fully saturated rings. The van der Waals surface area contributed by atoms with E-state index < -0.39 is 10.0 Å². The summed E-state index contributed by atoms with van der Waals surface area (Å²) in [7, 11) is -3.19. The second-order valence-corrected chi connectivity index (χ2v) is 7.92. The number of sulfonamides is 1. The summed E-state index contributed by atoms with van der Waals surface area (Å²) in [5.41, 5.74) is 5.26. The summed E-state index contributed by atoms with van der Waals surface area (Å²) in [5, 5.41) is 3.37. The predicted octanol–water partition coefficient (Wildman–Crippen LogP) is 0.0457. The van der Waals surface area contributed by atoms with E-state index >= 15 is 0 Å². The summed E-state index contributed by atoms with van der Waals surface area (Å²) >= 11 is 0. The zero-order valence-electron chi connectivity index (χ0n) is 11.9. The quantitative estimate of drug-likeness (QED) is 0.750. The fourth-order valence-corrected chi connectivity index (χ4v) is 4.62. The van der Waals surface area contributed by atoms with Crippen LogP contribution in [0.5, 0.6) is 0 Å². The first-order valence-corrected chi connectivity index (χ1v) is 9.10. The van der Waals surface area contributed by atoms with Crippen LogP contribution in [-0.2, 0) is 14.8 Å². The minimum Gasteiger partial charge on any atom is -0.369 e. The Labute approximate surface area is 121 Å². The lowest BCUT2D eigenvalue weighted by Crippen LogP contribution is -2.43. The highest BCUT2D eigenvalue weighted by Crippen LogP contribution is 2.20. The molecule has 1 unspecified atom stereocenters. The van der Waals surface area contributed by atoms with Gasteiger partial charge in [-0.1, -0.05) is 6.42 Å². The highest BCUT2D eigenvalue weighted by atomic mass is 32.2. The Hall–Kier alpha value is -0.660. The number of carbonyl (C=O) groups is 1. The summed E-state index contributed by atoms with van der Waals surface area (Å²) in [6.07, 6.45) is 5.22. The maximum absolute atomic E-state index is 12.3. The molecule has 6 nitrogen and oxygen atoms in total. The van der Waals surface area contributed by atoms with Gasteiger partial charge in [-0.05, 0) is 38.6 Å². The molecule has 2 rings (SSSR count). The lowest BCUT2D eigenvalue weighted by Gasteiger charge is -2.30. The van der Waals surface area contributed by atoms with Crippen LogP contribution < -0.4 is 11.1 Å². The largest absolute Gasteiger partial charge is 0.369 e.